The van der Waals surface area contributed by atoms with E-state index in [1.165, 1.54) is 0 Å². The van der Waals surface area contributed by atoms with Crippen LogP contribution in [0.4, 0.5) is 5.95 Å². The molecular weight excluding hydrogens is 214 g/mol. The summed E-state index contributed by atoms with van der Waals surface area (Å²) in [5, 5.41) is 0. The molecule has 0 saturated heterocycles. The van der Waals surface area contributed by atoms with Gasteiger partial charge in [0.05, 0.1) is 0 Å². The number of hydrogen-bond acceptors (Lipinski definition) is 4. The van der Waals surface area contributed by atoms with E-state index in [2.05, 4.69) is 29.0 Å². The van der Waals surface area contributed by atoms with Crippen LogP contribution in [-0.2, 0) is 6.54 Å². The average molecular weight is 233 g/mol. The van der Waals surface area contributed by atoms with Crippen molar-refractivity contribution in [3.63, 3.8) is 0 Å². The molecule has 2 N–H and O–H groups in total. The van der Waals surface area contributed by atoms with Gasteiger partial charge in [-0.1, -0.05) is 0 Å². The molecule has 0 radical (unpaired) electrons. The minimum absolute atomic E-state index is 0.553. The molecule has 0 aliphatic carbocycles. The first-order valence-electron chi connectivity index (χ1n) is 5.81. The Labute approximate surface area is 101 Å². The molecule has 0 spiro atoms. The third kappa shape index (κ3) is 2.55. The number of pyridine rings is 1. The molecule has 0 fully saturated rings. The lowest BCUT2D eigenvalue weighted by Crippen LogP contribution is -2.15. The van der Waals surface area contributed by atoms with Gasteiger partial charge in [0.1, 0.15) is 5.52 Å². The molecule has 5 nitrogen and oxygen atoms in total. The van der Waals surface area contributed by atoms with Gasteiger partial charge in [0.2, 0.25) is 5.95 Å². The van der Waals surface area contributed by atoms with Crippen LogP contribution < -0.4 is 5.73 Å². The second kappa shape index (κ2) is 4.71. The zero-order chi connectivity index (χ0) is 12.4. The summed E-state index contributed by atoms with van der Waals surface area (Å²) in [7, 11) is 4.13. The SMILES string of the molecule is Cc1cnc2c(c1)nc(N)n2CCCN(C)C. The Hall–Kier alpha value is -1.62. The zero-order valence-corrected chi connectivity index (χ0v) is 10.6. The number of hydrogen-bond donors (Lipinski definition) is 1. The Balaban J connectivity index is 2.24. The van der Waals surface area contributed by atoms with Crippen molar-refractivity contribution in [1.82, 2.24) is 19.4 Å². The zero-order valence-electron chi connectivity index (χ0n) is 10.6. The normalized spacial score (nSPS) is 11.5. The molecule has 0 unspecified atom stereocenters. The fraction of sp³-hybridized carbons (Fsp3) is 0.500. The second-order valence-electron chi connectivity index (χ2n) is 4.63. The standard InChI is InChI=1S/C12H19N5/c1-9-7-10-11(14-8-9)17(12(13)15-10)6-4-5-16(2)3/h7-8H,4-6H2,1-3H3,(H2,13,15). The quantitative estimate of drug-likeness (QED) is 0.864. The molecule has 0 bridgehead atoms. The molecule has 2 aromatic heterocycles. The first-order valence-corrected chi connectivity index (χ1v) is 5.81. The molecule has 2 rings (SSSR count). The summed E-state index contributed by atoms with van der Waals surface area (Å²) in [6.07, 6.45) is 2.89. The van der Waals surface area contributed by atoms with Crippen LogP contribution in [0.3, 0.4) is 0 Å². The number of nitrogens with zero attached hydrogens (tertiary/aromatic N) is 4. The van der Waals surface area contributed by atoms with Gasteiger partial charge in [-0.25, -0.2) is 9.97 Å². The number of aryl methyl sites for hydroxylation is 2. The topological polar surface area (TPSA) is 60.0 Å². The lowest BCUT2D eigenvalue weighted by Gasteiger charge is -2.10. The van der Waals surface area contributed by atoms with E-state index in [0.717, 1.165) is 36.2 Å². The van der Waals surface area contributed by atoms with E-state index in [1.54, 1.807) is 0 Å². The molecule has 2 aromatic rings. The van der Waals surface area contributed by atoms with Crippen molar-refractivity contribution in [2.75, 3.05) is 26.4 Å². The molecule has 0 saturated carbocycles. The highest BCUT2D eigenvalue weighted by Gasteiger charge is 2.08. The summed E-state index contributed by atoms with van der Waals surface area (Å²) in [6, 6.07) is 2.02. The van der Waals surface area contributed by atoms with Crippen molar-refractivity contribution in [1.29, 1.82) is 0 Å². The smallest absolute Gasteiger partial charge is 0.202 e. The largest absolute Gasteiger partial charge is 0.369 e. The third-order valence-corrected chi connectivity index (χ3v) is 2.74. The maximum atomic E-state index is 5.92. The molecule has 5 heteroatoms. The van der Waals surface area contributed by atoms with Crippen LogP contribution in [0.15, 0.2) is 12.3 Å². The van der Waals surface area contributed by atoms with E-state index in [9.17, 15) is 0 Å². The summed E-state index contributed by atoms with van der Waals surface area (Å²) >= 11 is 0. The van der Waals surface area contributed by atoms with Crippen molar-refractivity contribution < 1.29 is 0 Å². The highest BCUT2D eigenvalue weighted by Crippen LogP contribution is 2.16. The number of imidazole rings is 1. The number of nitrogen functional groups attached to an aromatic ring is 1. The summed E-state index contributed by atoms with van der Waals surface area (Å²) in [4.78, 5) is 10.9. The first-order chi connectivity index (χ1) is 8.08. The summed E-state index contributed by atoms with van der Waals surface area (Å²) in [5.74, 6) is 0.553. The number of fused-ring (bicyclic) bond motifs is 1. The summed E-state index contributed by atoms with van der Waals surface area (Å²) < 4.78 is 1.98. The number of nitrogens with two attached hydrogens (primary N) is 1. The van der Waals surface area contributed by atoms with Gasteiger partial charge in [-0.05, 0) is 45.6 Å². The minimum atomic E-state index is 0.553. The maximum Gasteiger partial charge on any atom is 0.202 e. The average Bonchev–Trinajstić information content (AvgIpc) is 2.54. The molecule has 2 heterocycles. The van der Waals surface area contributed by atoms with Crippen LogP contribution in [0.5, 0.6) is 0 Å². The molecule has 17 heavy (non-hydrogen) atoms. The molecule has 0 amide bonds. The van der Waals surface area contributed by atoms with Gasteiger partial charge in [0.25, 0.3) is 0 Å². The molecule has 0 aromatic carbocycles. The predicted molar refractivity (Wildman–Crippen MR) is 69.8 cm³/mol. The first kappa shape index (κ1) is 11.9. The van der Waals surface area contributed by atoms with E-state index in [1.807, 2.05) is 23.8 Å². The molecule has 0 aliphatic rings. The summed E-state index contributed by atoms with van der Waals surface area (Å²) in [5.41, 5.74) is 8.79. The van der Waals surface area contributed by atoms with E-state index >= 15 is 0 Å². The van der Waals surface area contributed by atoms with Crippen LogP contribution in [-0.4, -0.2) is 40.1 Å². The fourth-order valence-corrected chi connectivity index (χ4v) is 1.89. The van der Waals surface area contributed by atoms with Crippen LogP contribution >= 0.6 is 0 Å². The van der Waals surface area contributed by atoms with E-state index < -0.39 is 0 Å². The minimum Gasteiger partial charge on any atom is -0.369 e. The van der Waals surface area contributed by atoms with E-state index in [0.29, 0.717) is 5.95 Å². The van der Waals surface area contributed by atoms with Crippen molar-refractivity contribution in [3.05, 3.63) is 17.8 Å². The maximum absolute atomic E-state index is 5.92. The van der Waals surface area contributed by atoms with Crippen molar-refractivity contribution in [3.8, 4) is 0 Å². The number of rotatable bonds is 4. The summed E-state index contributed by atoms with van der Waals surface area (Å²) in [6.45, 7) is 3.90. The van der Waals surface area contributed by atoms with Gasteiger partial charge >= 0.3 is 0 Å². The number of aromatic nitrogens is 3. The number of anilines is 1. The van der Waals surface area contributed by atoms with Gasteiger partial charge in [-0.2, -0.15) is 0 Å². The lowest BCUT2D eigenvalue weighted by molar-refractivity contribution is 0.388. The van der Waals surface area contributed by atoms with Crippen molar-refractivity contribution >= 4 is 17.1 Å². The molecule has 92 valence electrons. The molecule has 0 aliphatic heterocycles. The molecule has 0 atom stereocenters. The third-order valence-electron chi connectivity index (χ3n) is 2.74. The van der Waals surface area contributed by atoms with Gasteiger partial charge in [0, 0.05) is 12.7 Å². The van der Waals surface area contributed by atoms with E-state index in [-0.39, 0.29) is 0 Å². The Bertz CT molecular complexity index is 515. The van der Waals surface area contributed by atoms with Crippen LogP contribution in [0, 0.1) is 6.92 Å². The predicted octanol–water partition coefficient (Wildman–Crippen LogP) is 1.27. The Kier molecular flexibility index (Phi) is 3.28. The van der Waals surface area contributed by atoms with Crippen LogP contribution in [0.2, 0.25) is 0 Å². The van der Waals surface area contributed by atoms with Gasteiger partial charge in [0.15, 0.2) is 5.65 Å². The monoisotopic (exact) mass is 233 g/mol. The second-order valence-corrected chi connectivity index (χ2v) is 4.63. The van der Waals surface area contributed by atoms with Crippen molar-refractivity contribution in [2.24, 2.45) is 0 Å². The Morgan fingerprint density at radius 3 is 2.88 bits per heavy atom. The van der Waals surface area contributed by atoms with Crippen molar-refractivity contribution in [2.45, 2.75) is 19.9 Å². The highest BCUT2D eigenvalue weighted by atomic mass is 15.2. The van der Waals surface area contributed by atoms with Gasteiger partial charge in [-0.15, -0.1) is 0 Å². The van der Waals surface area contributed by atoms with E-state index in [4.69, 9.17) is 5.73 Å². The van der Waals surface area contributed by atoms with Gasteiger partial charge < -0.3 is 10.6 Å². The van der Waals surface area contributed by atoms with Crippen LogP contribution in [0.1, 0.15) is 12.0 Å². The van der Waals surface area contributed by atoms with Crippen LogP contribution in [0.25, 0.3) is 11.2 Å². The Morgan fingerprint density at radius 2 is 2.18 bits per heavy atom. The highest BCUT2D eigenvalue weighted by molar-refractivity contribution is 5.74. The Morgan fingerprint density at radius 1 is 1.41 bits per heavy atom. The van der Waals surface area contributed by atoms with Gasteiger partial charge in [-0.3, -0.25) is 4.57 Å². The molecular formula is C12H19N5. The fourth-order valence-electron chi connectivity index (χ4n) is 1.89. The lowest BCUT2D eigenvalue weighted by atomic mass is 10.3.